The zero-order valence-electron chi connectivity index (χ0n) is 19.8. The number of anilines is 2. The van der Waals surface area contributed by atoms with Crippen molar-refractivity contribution < 1.29 is 9.18 Å². The van der Waals surface area contributed by atoms with Crippen molar-refractivity contribution >= 4 is 33.7 Å². The van der Waals surface area contributed by atoms with Crippen LogP contribution in [-0.4, -0.2) is 37.0 Å². The Labute approximate surface area is 209 Å². The third-order valence-corrected chi connectivity index (χ3v) is 7.22. The lowest BCUT2D eigenvalue weighted by atomic mass is 9.95. The van der Waals surface area contributed by atoms with Gasteiger partial charge < -0.3 is 10.2 Å². The Bertz CT molecular complexity index is 1520. The Kier molecular flexibility index (Phi) is 5.63. The summed E-state index contributed by atoms with van der Waals surface area (Å²) in [7, 11) is 0. The second-order valence-electron chi connectivity index (χ2n) is 9.46. The maximum absolute atomic E-state index is 14.4. The lowest BCUT2D eigenvalue weighted by Crippen LogP contribution is -2.46. The summed E-state index contributed by atoms with van der Waals surface area (Å²) in [6.07, 6.45) is 0.811. The summed E-state index contributed by atoms with van der Waals surface area (Å²) in [4.78, 5) is 20.0. The fraction of sp³-hybridized carbons (Fsp3) is 0.200. The standard InChI is InChI=1S/C30H25FN4O/c1-32-23-10-12-28(26(31)18-23)35-15-13-34(14-16-35)19-21-7-5-20(6-8-21)17-22-9-11-27-29-24(22)3-2-4-25(29)30(36)33-27/h2-12,18H,13-17,19H2,(H,33,36). The molecule has 0 unspecified atom stereocenters. The lowest BCUT2D eigenvalue weighted by molar-refractivity contribution is 0.103. The number of carbonyl (C=O) groups is 1. The number of hydrogen-bond acceptors (Lipinski definition) is 3. The van der Waals surface area contributed by atoms with E-state index in [0.717, 1.165) is 61.2 Å². The molecule has 36 heavy (non-hydrogen) atoms. The molecule has 0 aromatic heterocycles. The molecule has 2 heterocycles. The van der Waals surface area contributed by atoms with Crippen LogP contribution in [0.1, 0.15) is 27.0 Å². The van der Waals surface area contributed by atoms with Crippen molar-refractivity contribution in [1.82, 2.24) is 4.90 Å². The largest absolute Gasteiger partial charge is 0.367 e. The summed E-state index contributed by atoms with van der Waals surface area (Å²) in [5, 5.41) is 5.11. The second kappa shape index (κ2) is 9.10. The van der Waals surface area contributed by atoms with Gasteiger partial charge in [-0.1, -0.05) is 48.5 Å². The van der Waals surface area contributed by atoms with Gasteiger partial charge in [-0.25, -0.2) is 9.24 Å². The number of piperazine rings is 1. The molecule has 0 radical (unpaired) electrons. The molecule has 5 nitrogen and oxygen atoms in total. The zero-order valence-corrected chi connectivity index (χ0v) is 19.8. The molecule has 178 valence electrons. The van der Waals surface area contributed by atoms with Gasteiger partial charge in [0.15, 0.2) is 5.69 Å². The number of rotatable bonds is 5. The van der Waals surface area contributed by atoms with Crippen LogP contribution < -0.4 is 10.2 Å². The van der Waals surface area contributed by atoms with Crippen LogP contribution in [0, 0.1) is 12.4 Å². The molecule has 1 amide bonds. The van der Waals surface area contributed by atoms with E-state index < -0.39 is 0 Å². The van der Waals surface area contributed by atoms with Crippen molar-refractivity contribution in [2.24, 2.45) is 0 Å². The molecule has 6 heteroatoms. The molecule has 1 saturated heterocycles. The maximum atomic E-state index is 14.4. The molecule has 6 rings (SSSR count). The van der Waals surface area contributed by atoms with Crippen molar-refractivity contribution in [1.29, 1.82) is 0 Å². The van der Waals surface area contributed by atoms with Crippen LogP contribution in [-0.2, 0) is 13.0 Å². The van der Waals surface area contributed by atoms with Crippen LogP contribution >= 0.6 is 0 Å². The first-order valence-corrected chi connectivity index (χ1v) is 12.2. The first-order valence-electron chi connectivity index (χ1n) is 12.2. The van der Waals surface area contributed by atoms with Crippen LogP contribution in [0.5, 0.6) is 0 Å². The third-order valence-electron chi connectivity index (χ3n) is 7.22. The van der Waals surface area contributed by atoms with Gasteiger partial charge in [-0.3, -0.25) is 9.69 Å². The number of hydrogen-bond donors (Lipinski definition) is 1. The average molecular weight is 477 g/mol. The Morgan fingerprint density at radius 1 is 0.917 bits per heavy atom. The molecule has 2 aliphatic heterocycles. The van der Waals surface area contributed by atoms with Gasteiger partial charge in [-0.15, -0.1) is 0 Å². The number of amides is 1. The summed E-state index contributed by atoms with van der Waals surface area (Å²) >= 11 is 0. The summed E-state index contributed by atoms with van der Waals surface area (Å²) < 4.78 is 14.4. The monoisotopic (exact) mass is 476 g/mol. The van der Waals surface area contributed by atoms with Crippen LogP contribution in [0.2, 0.25) is 0 Å². The lowest BCUT2D eigenvalue weighted by Gasteiger charge is -2.36. The smallest absolute Gasteiger partial charge is 0.256 e. The van der Waals surface area contributed by atoms with Crippen LogP contribution in [0.15, 0.2) is 72.8 Å². The van der Waals surface area contributed by atoms with E-state index in [1.165, 1.54) is 22.8 Å². The number of halogens is 1. The molecule has 1 N–H and O–H groups in total. The van der Waals surface area contributed by atoms with E-state index in [1.54, 1.807) is 12.1 Å². The second-order valence-corrected chi connectivity index (χ2v) is 9.46. The van der Waals surface area contributed by atoms with Gasteiger partial charge in [0.05, 0.1) is 12.3 Å². The molecule has 0 aliphatic carbocycles. The molecule has 0 bridgehead atoms. The summed E-state index contributed by atoms with van der Waals surface area (Å²) in [5.41, 5.74) is 6.27. The number of benzene rings is 4. The molecular formula is C30H25FN4O. The summed E-state index contributed by atoms with van der Waals surface area (Å²) in [6.45, 7) is 11.1. The Hall–Kier alpha value is -4.21. The summed E-state index contributed by atoms with van der Waals surface area (Å²) in [5.74, 6) is -0.350. The molecular weight excluding hydrogens is 451 g/mol. The third kappa shape index (κ3) is 4.08. The molecule has 0 spiro atoms. The van der Waals surface area contributed by atoms with E-state index in [2.05, 4.69) is 56.4 Å². The first-order chi connectivity index (χ1) is 17.6. The normalized spacial score (nSPS) is 15.2. The molecule has 0 atom stereocenters. The van der Waals surface area contributed by atoms with E-state index in [-0.39, 0.29) is 11.7 Å². The average Bonchev–Trinajstić information content (AvgIpc) is 3.24. The highest BCUT2D eigenvalue weighted by atomic mass is 19.1. The van der Waals surface area contributed by atoms with Crippen molar-refractivity contribution in [3.63, 3.8) is 0 Å². The van der Waals surface area contributed by atoms with Crippen molar-refractivity contribution in [2.75, 3.05) is 36.4 Å². The SMILES string of the molecule is [C-]#[N+]c1ccc(N2CCN(Cc3ccc(Cc4ccc5c6c(cccc46)C(=O)N5)cc3)CC2)c(F)c1. The van der Waals surface area contributed by atoms with E-state index in [4.69, 9.17) is 6.57 Å². The van der Waals surface area contributed by atoms with Crippen molar-refractivity contribution in [3.05, 3.63) is 112 Å². The predicted octanol–water partition coefficient (Wildman–Crippen LogP) is 6.01. The fourth-order valence-electron chi connectivity index (χ4n) is 5.31. The van der Waals surface area contributed by atoms with E-state index in [0.29, 0.717) is 11.4 Å². The Balaban J connectivity index is 1.10. The highest BCUT2D eigenvalue weighted by molar-refractivity contribution is 6.24. The number of nitrogens with zero attached hydrogens (tertiary/aromatic N) is 3. The van der Waals surface area contributed by atoms with Crippen LogP contribution in [0.3, 0.4) is 0 Å². The van der Waals surface area contributed by atoms with Gasteiger partial charge in [0.2, 0.25) is 0 Å². The minimum absolute atomic E-state index is 0.0268. The molecule has 2 aliphatic rings. The van der Waals surface area contributed by atoms with Gasteiger partial charge in [-0.05, 0) is 52.8 Å². The van der Waals surface area contributed by atoms with Gasteiger partial charge in [0.25, 0.3) is 5.91 Å². The molecule has 4 aromatic rings. The number of carbonyl (C=O) groups excluding carboxylic acids is 1. The minimum Gasteiger partial charge on any atom is -0.367 e. The van der Waals surface area contributed by atoms with E-state index >= 15 is 0 Å². The fourth-order valence-corrected chi connectivity index (χ4v) is 5.31. The Morgan fingerprint density at radius 2 is 1.69 bits per heavy atom. The quantitative estimate of drug-likeness (QED) is 0.359. The molecule has 4 aromatic carbocycles. The van der Waals surface area contributed by atoms with Crippen LogP contribution in [0.4, 0.5) is 21.5 Å². The number of nitrogens with one attached hydrogen (secondary N) is 1. The maximum Gasteiger partial charge on any atom is 0.256 e. The van der Waals surface area contributed by atoms with Gasteiger partial charge in [-0.2, -0.15) is 0 Å². The van der Waals surface area contributed by atoms with Crippen LogP contribution in [0.25, 0.3) is 15.6 Å². The van der Waals surface area contributed by atoms with Crippen molar-refractivity contribution in [2.45, 2.75) is 13.0 Å². The highest BCUT2D eigenvalue weighted by Gasteiger charge is 2.22. The Morgan fingerprint density at radius 3 is 2.44 bits per heavy atom. The van der Waals surface area contributed by atoms with Gasteiger partial charge in [0.1, 0.15) is 5.82 Å². The van der Waals surface area contributed by atoms with Gasteiger partial charge >= 0.3 is 0 Å². The first kappa shape index (κ1) is 22.3. The minimum atomic E-state index is -0.323. The molecule has 1 fully saturated rings. The predicted molar refractivity (Wildman–Crippen MR) is 141 cm³/mol. The molecule has 0 saturated carbocycles. The zero-order chi connectivity index (χ0) is 24.6. The van der Waals surface area contributed by atoms with E-state index in [9.17, 15) is 9.18 Å². The highest BCUT2D eigenvalue weighted by Crippen LogP contribution is 2.35. The van der Waals surface area contributed by atoms with Gasteiger partial charge in [0, 0.05) is 49.4 Å². The topological polar surface area (TPSA) is 39.9 Å². The van der Waals surface area contributed by atoms with Crippen molar-refractivity contribution in [3.8, 4) is 0 Å². The van der Waals surface area contributed by atoms with E-state index in [1.807, 2.05) is 18.2 Å². The summed E-state index contributed by atoms with van der Waals surface area (Å²) in [6, 6.07) is 23.5.